The van der Waals surface area contributed by atoms with E-state index in [9.17, 15) is 9.59 Å². The van der Waals surface area contributed by atoms with Gasteiger partial charge >= 0.3 is 0 Å². The van der Waals surface area contributed by atoms with E-state index in [2.05, 4.69) is 10.3 Å². The summed E-state index contributed by atoms with van der Waals surface area (Å²) in [5, 5.41) is 2.79. The van der Waals surface area contributed by atoms with E-state index < -0.39 is 6.04 Å². The topological polar surface area (TPSA) is 59.1 Å². The van der Waals surface area contributed by atoms with Crippen molar-refractivity contribution in [1.29, 1.82) is 0 Å². The third-order valence-corrected chi connectivity index (χ3v) is 4.08. The van der Waals surface area contributed by atoms with Crippen LogP contribution in [0.3, 0.4) is 0 Å². The number of hydrogen-bond donors (Lipinski definition) is 1. The summed E-state index contributed by atoms with van der Waals surface area (Å²) >= 11 is 1.65. The Balaban J connectivity index is 0.00000312. The second-order valence-electron chi connectivity index (χ2n) is 5.17. The number of pyridine rings is 1. The number of carbonyl (C=O) groups excluding carboxylic acids is 2. The van der Waals surface area contributed by atoms with Crippen molar-refractivity contribution < 1.29 is 9.59 Å². The fourth-order valence-corrected chi connectivity index (χ4v) is 2.65. The number of aromatic nitrogens is 1. The molecule has 0 aliphatic rings. The molecule has 1 amide bonds. The van der Waals surface area contributed by atoms with Crippen molar-refractivity contribution in [2.24, 2.45) is 0 Å². The van der Waals surface area contributed by atoms with Gasteiger partial charge in [0, 0.05) is 11.8 Å². The van der Waals surface area contributed by atoms with Crippen LogP contribution >= 0.6 is 24.2 Å². The Kier molecular flexibility index (Phi) is 9.58. The van der Waals surface area contributed by atoms with E-state index in [0.29, 0.717) is 12.0 Å². The van der Waals surface area contributed by atoms with Gasteiger partial charge in [-0.25, -0.2) is 0 Å². The van der Waals surface area contributed by atoms with Crippen LogP contribution in [-0.4, -0.2) is 35.2 Å². The second-order valence-corrected chi connectivity index (χ2v) is 6.16. The second kappa shape index (κ2) is 11.4. The fraction of sp³-hybridized carbons (Fsp3) is 0.211. The molecule has 1 atom stereocenters. The van der Waals surface area contributed by atoms with E-state index >= 15 is 0 Å². The highest BCUT2D eigenvalue weighted by atomic mass is 35.5. The van der Waals surface area contributed by atoms with Crippen LogP contribution in [-0.2, 0) is 4.79 Å². The molecule has 0 radical (unpaired) electrons. The Labute approximate surface area is 158 Å². The highest BCUT2D eigenvalue weighted by Crippen LogP contribution is 2.13. The van der Waals surface area contributed by atoms with Crippen molar-refractivity contribution in [2.75, 3.05) is 12.0 Å². The van der Waals surface area contributed by atoms with Gasteiger partial charge < -0.3 is 10.1 Å². The smallest absolute Gasteiger partial charge is 0.252 e. The molecular formula is C19H21ClN2O2S. The standard InChI is InChI=1S/C19H20N2O2S.ClH/c1-24-13-11-17(14-22)21-19(23)18-8-3-2-6-15(18)9-10-16-7-4-5-12-20-16;/h2-10,12,14,17H,11,13H2,1H3,(H,21,23);1H/b10-9+;/t17-;/m0./s1. The quantitative estimate of drug-likeness (QED) is 0.713. The minimum atomic E-state index is -0.460. The molecule has 0 aliphatic heterocycles. The molecule has 25 heavy (non-hydrogen) atoms. The minimum absolute atomic E-state index is 0. The van der Waals surface area contributed by atoms with E-state index in [1.54, 1.807) is 24.0 Å². The molecule has 2 aromatic rings. The average molecular weight is 377 g/mol. The first-order chi connectivity index (χ1) is 11.7. The van der Waals surface area contributed by atoms with Gasteiger partial charge in [-0.2, -0.15) is 11.8 Å². The molecule has 6 heteroatoms. The summed E-state index contributed by atoms with van der Waals surface area (Å²) in [7, 11) is 0. The third-order valence-electron chi connectivity index (χ3n) is 3.44. The maximum absolute atomic E-state index is 12.5. The van der Waals surface area contributed by atoms with Crippen LogP contribution in [0.1, 0.15) is 28.0 Å². The lowest BCUT2D eigenvalue weighted by molar-refractivity contribution is -0.109. The summed E-state index contributed by atoms with van der Waals surface area (Å²) < 4.78 is 0. The molecule has 0 aliphatic carbocycles. The number of carbonyl (C=O) groups is 2. The molecule has 1 N–H and O–H groups in total. The number of nitrogens with zero attached hydrogens (tertiary/aromatic N) is 1. The third kappa shape index (κ3) is 6.72. The summed E-state index contributed by atoms with van der Waals surface area (Å²) in [5.41, 5.74) is 2.15. The molecule has 2 rings (SSSR count). The zero-order chi connectivity index (χ0) is 17.2. The van der Waals surface area contributed by atoms with Gasteiger partial charge in [0.25, 0.3) is 5.91 Å². The highest BCUT2D eigenvalue weighted by Gasteiger charge is 2.14. The number of amides is 1. The van der Waals surface area contributed by atoms with Crippen LogP contribution in [0.5, 0.6) is 0 Å². The van der Waals surface area contributed by atoms with Crippen molar-refractivity contribution in [2.45, 2.75) is 12.5 Å². The van der Waals surface area contributed by atoms with Crippen LogP contribution in [0.25, 0.3) is 12.2 Å². The van der Waals surface area contributed by atoms with E-state index in [-0.39, 0.29) is 18.3 Å². The van der Waals surface area contributed by atoms with Gasteiger partial charge in [0.2, 0.25) is 0 Å². The van der Waals surface area contributed by atoms with Crippen LogP contribution in [0.15, 0.2) is 48.7 Å². The normalized spacial score (nSPS) is 11.6. The van der Waals surface area contributed by atoms with Crippen molar-refractivity contribution in [3.8, 4) is 0 Å². The highest BCUT2D eigenvalue weighted by molar-refractivity contribution is 7.98. The number of aldehydes is 1. The number of hydrogen-bond acceptors (Lipinski definition) is 4. The van der Waals surface area contributed by atoms with Crippen LogP contribution in [0.2, 0.25) is 0 Å². The molecule has 4 nitrogen and oxygen atoms in total. The van der Waals surface area contributed by atoms with E-state index in [1.807, 2.05) is 54.8 Å². The Morgan fingerprint density at radius 2 is 1.96 bits per heavy atom. The van der Waals surface area contributed by atoms with Crippen molar-refractivity contribution in [3.63, 3.8) is 0 Å². The molecule has 0 bridgehead atoms. The first-order valence-electron chi connectivity index (χ1n) is 7.68. The summed E-state index contributed by atoms with van der Waals surface area (Å²) in [6.07, 6.45) is 8.83. The van der Waals surface area contributed by atoms with Crippen molar-refractivity contribution in [1.82, 2.24) is 10.3 Å². The molecule has 0 saturated heterocycles. The van der Waals surface area contributed by atoms with Crippen molar-refractivity contribution >= 4 is 48.5 Å². The van der Waals surface area contributed by atoms with Gasteiger partial charge in [-0.15, -0.1) is 12.4 Å². The van der Waals surface area contributed by atoms with Crippen LogP contribution in [0, 0.1) is 0 Å². The maximum atomic E-state index is 12.5. The Hall–Kier alpha value is -2.11. The Morgan fingerprint density at radius 3 is 2.64 bits per heavy atom. The predicted octanol–water partition coefficient (Wildman–Crippen LogP) is 3.72. The van der Waals surface area contributed by atoms with E-state index in [1.165, 1.54) is 0 Å². The lowest BCUT2D eigenvalue weighted by Crippen LogP contribution is -2.36. The maximum Gasteiger partial charge on any atom is 0.252 e. The summed E-state index contributed by atoms with van der Waals surface area (Å²) in [6.45, 7) is 0. The molecule has 0 spiro atoms. The monoisotopic (exact) mass is 376 g/mol. The largest absolute Gasteiger partial charge is 0.342 e. The summed E-state index contributed by atoms with van der Waals surface area (Å²) in [6, 6.07) is 12.5. The molecule has 0 fully saturated rings. The minimum Gasteiger partial charge on any atom is -0.342 e. The Morgan fingerprint density at radius 1 is 1.20 bits per heavy atom. The SMILES string of the molecule is CSCC[C@@H](C=O)NC(=O)c1ccccc1/C=C/c1ccccn1.Cl. The van der Waals surface area contributed by atoms with Gasteiger partial charge in [-0.3, -0.25) is 9.78 Å². The Bertz CT molecular complexity index is 708. The number of thioether (sulfide) groups is 1. The van der Waals surface area contributed by atoms with Crippen molar-refractivity contribution in [3.05, 3.63) is 65.5 Å². The molecule has 1 aromatic heterocycles. The molecule has 0 unspecified atom stereocenters. The first-order valence-corrected chi connectivity index (χ1v) is 9.07. The van der Waals surface area contributed by atoms with E-state index in [0.717, 1.165) is 23.3 Å². The summed E-state index contributed by atoms with van der Waals surface area (Å²) in [5.74, 6) is 0.583. The fourth-order valence-electron chi connectivity index (χ4n) is 2.16. The lowest BCUT2D eigenvalue weighted by atomic mass is 10.1. The van der Waals surface area contributed by atoms with Crippen LogP contribution in [0.4, 0.5) is 0 Å². The average Bonchev–Trinajstić information content (AvgIpc) is 2.64. The number of halogens is 1. The first kappa shape index (κ1) is 20.9. The van der Waals surface area contributed by atoms with Gasteiger partial charge in [-0.05, 0) is 48.3 Å². The molecular weight excluding hydrogens is 356 g/mol. The molecule has 0 saturated carbocycles. The zero-order valence-electron chi connectivity index (χ0n) is 13.9. The number of benzene rings is 1. The number of nitrogens with one attached hydrogen (secondary N) is 1. The van der Waals surface area contributed by atoms with Gasteiger partial charge in [0.05, 0.1) is 11.7 Å². The van der Waals surface area contributed by atoms with Gasteiger partial charge in [-0.1, -0.05) is 30.3 Å². The molecule has 1 aromatic carbocycles. The summed E-state index contributed by atoms with van der Waals surface area (Å²) in [4.78, 5) is 27.8. The number of rotatable bonds is 8. The zero-order valence-corrected chi connectivity index (χ0v) is 15.6. The molecule has 1 heterocycles. The predicted molar refractivity (Wildman–Crippen MR) is 107 cm³/mol. The van der Waals surface area contributed by atoms with Crippen LogP contribution < -0.4 is 5.32 Å². The molecule has 132 valence electrons. The lowest BCUT2D eigenvalue weighted by Gasteiger charge is -2.13. The van der Waals surface area contributed by atoms with Gasteiger partial charge in [0.1, 0.15) is 6.29 Å². The van der Waals surface area contributed by atoms with E-state index in [4.69, 9.17) is 0 Å². The van der Waals surface area contributed by atoms with Gasteiger partial charge in [0.15, 0.2) is 0 Å².